The highest BCUT2D eigenvalue weighted by atomic mass is 16.2. The molecule has 6 heteroatoms. The molecule has 0 atom stereocenters. The van der Waals surface area contributed by atoms with Crippen LogP contribution in [0.25, 0.3) is 0 Å². The first kappa shape index (κ1) is 15.2. The Labute approximate surface area is 141 Å². The zero-order valence-corrected chi connectivity index (χ0v) is 13.7. The Morgan fingerprint density at radius 3 is 2.79 bits per heavy atom. The molecule has 1 aromatic heterocycles. The third-order valence-electron chi connectivity index (χ3n) is 4.97. The summed E-state index contributed by atoms with van der Waals surface area (Å²) in [6.07, 6.45) is 2.84. The van der Waals surface area contributed by atoms with Crippen molar-refractivity contribution in [3.8, 4) is 0 Å². The number of benzene rings is 1. The Balaban J connectivity index is 1.35. The molecule has 0 spiro atoms. The number of nitrogens with zero attached hydrogens (tertiary/aromatic N) is 2. The van der Waals surface area contributed by atoms with Gasteiger partial charge >= 0.3 is 0 Å². The number of nitrogens with one attached hydrogen (secondary N) is 3. The minimum absolute atomic E-state index is 0.0469. The molecule has 0 bridgehead atoms. The van der Waals surface area contributed by atoms with Crippen LogP contribution in [0.4, 0.5) is 5.69 Å². The first-order chi connectivity index (χ1) is 11.8. The van der Waals surface area contributed by atoms with E-state index in [1.807, 2.05) is 6.07 Å². The van der Waals surface area contributed by atoms with Crippen molar-refractivity contribution in [1.29, 1.82) is 0 Å². The molecule has 1 saturated heterocycles. The zero-order chi connectivity index (χ0) is 16.4. The van der Waals surface area contributed by atoms with E-state index in [1.54, 1.807) is 0 Å². The van der Waals surface area contributed by atoms with Gasteiger partial charge < -0.3 is 15.5 Å². The molecule has 0 radical (unpaired) electrons. The van der Waals surface area contributed by atoms with Gasteiger partial charge in [-0.3, -0.25) is 9.89 Å². The summed E-state index contributed by atoms with van der Waals surface area (Å²) in [5, 5.41) is 13.7. The maximum absolute atomic E-state index is 12.6. The van der Waals surface area contributed by atoms with Gasteiger partial charge in [0.1, 0.15) is 0 Å². The maximum Gasteiger partial charge on any atom is 0.272 e. The second-order valence-electron chi connectivity index (χ2n) is 6.53. The highest BCUT2D eigenvalue weighted by Crippen LogP contribution is 2.20. The van der Waals surface area contributed by atoms with E-state index in [0.29, 0.717) is 5.69 Å². The van der Waals surface area contributed by atoms with Crippen molar-refractivity contribution in [2.45, 2.75) is 31.8 Å². The molecule has 2 aliphatic rings. The minimum Gasteiger partial charge on any atom is -0.371 e. The SMILES string of the molecule is O=C(NC1CCN(c2ccccc2)CC1)c1n[nH]c2c1CNCC2. The van der Waals surface area contributed by atoms with Gasteiger partial charge in [0.2, 0.25) is 0 Å². The number of piperidine rings is 1. The van der Waals surface area contributed by atoms with Crippen molar-refractivity contribution >= 4 is 11.6 Å². The fourth-order valence-corrected chi connectivity index (χ4v) is 3.59. The third kappa shape index (κ3) is 3.01. The van der Waals surface area contributed by atoms with Gasteiger partial charge in [-0.05, 0) is 25.0 Å². The second kappa shape index (κ2) is 6.65. The number of rotatable bonds is 3. The van der Waals surface area contributed by atoms with Crippen molar-refractivity contribution in [1.82, 2.24) is 20.8 Å². The number of aromatic nitrogens is 2. The molecule has 4 rings (SSSR count). The number of hydrogen-bond donors (Lipinski definition) is 3. The van der Waals surface area contributed by atoms with E-state index in [-0.39, 0.29) is 11.9 Å². The average Bonchev–Trinajstić information content (AvgIpc) is 3.07. The molecule has 1 fully saturated rings. The molecular weight excluding hydrogens is 302 g/mol. The number of amides is 1. The van der Waals surface area contributed by atoms with Crippen LogP contribution in [-0.4, -0.2) is 41.8 Å². The lowest BCUT2D eigenvalue weighted by molar-refractivity contribution is 0.0925. The Morgan fingerprint density at radius 1 is 1.21 bits per heavy atom. The van der Waals surface area contributed by atoms with Crippen LogP contribution in [0, 0.1) is 0 Å². The standard InChI is InChI=1S/C18H23N5O/c24-18(17-15-12-19-9-6-16(15)21-22-17)20-13-7-10-23(11-8-13)14-4-2-1-3-5-14/h1-5,13,19H,6-12H2,(H,20,24)(H,21,22). The van der Waals surface area contributed by atoms with E-state index in [2.05, 4.69) is 50.0 Å². The summed E-state index contributed by atoms with van der Waals surface area (Å²) < 4.78 is 0. The van der Waals surface area contributed by atoms with Crippen molar-refractivity contribution in [3.05, 3.63) is 47.3 Å². The van der Waals surface area contributed by atoms with Gasteiger partial charge in [0.05, 0.1) is 0 Å². The highest BCUT2D eigenvalue weighted by molar-refractivity contribution is 5.94. The molecule has 1 amide bonds. The Bertz CT molecular complexity index is 703. The molecule has 6 nitrogen and oxygen atoms in total. The molecule has 0 unspecified atom stereocenters. The summed E-state index contributed by atoms with van der Waals surface area (Å²) >= 11 is 0. The first-order valence-electron chi connectivity index (χ1n) is 8.69. The number of fused-ring (bicyclic) bond motifs is 1. The van der Waals surface area contributed by atoms with Gasteiger partial charge in [0.25, 0.3) is 5.91 Å². The fraction of sp³-hybridized carbons (Fsp3) is 0.444. The predicted octanol–water partition coefficient (Wildman–Crippen LogP) is 1.45. The molecule has 3 N–H and O–H groups in total. The third-order valence-corrected chi connectivity index (χ3v) is 4.97. The van der Waals surface area contributed by atoms with Crippen molar-refractivity contribution in [2.24, 2.45) is 0 Å². The van der Waals surface area contributed by atoms with Crippen LogP contribution >= 0.6 is 0 Å². The monoisotopic (exact) mass is 325 g/mol. The van der Waals surface area contributed by atoms with Crippen LogP contribution in [-0.2, 0) is 13.0 Å². The van der Waals surface area contributed by atoms with E-state index in [0.717, 1.165) is 56.7 Å². The second-order valence-corrected chi connectivity index (χ2v) is 6.53. The zero-order valence-electron chi connectivity index (χ0n) is 13.7. The minimum atomic E-state index is -0.0469. The number of hydrogen-bond acceptors (Lipinski definition) is 4. The smallest absolute Gasteiger partial charge is 0.272 e. The van der Waals surface area contributed by atoms with E-state index in [1.165, 1.54) is 5.69 Å². The van der Waals surface area contributed by atoms with Crippen LogP contribution in [0.2, 0.25) is 0 Å². The van der Waals surface area contributed by atoms with Gasteiger partial charge in [-0.15, -0.1) is 0 Å². The molecule has 2 aliphatic heterocycles. The van der Waals surface area contributed by atoms with Gasteiger partial charge in [0, 0.05) is 55.6 Å². The van der Waals surface area contributed by atoms with Gasteiger partial charge in [-0.2, -0.15) is 5.10 Å². The number of carbonyl (C=O) groups is 1. The van der Waals surface area contributed by atoms with Crippen molar-refractivity contribution in [2.75, 3.05) is 24.5 Å². The number of carbonyl (C=O) groups excluding carboxylic acids is 1. The fourth-order valence-electron chi connectivity index (χ4n) is 3.59. The lowest BCUT2D eigenvalue weighted by Gasteiger charge is -2.33. The molecule has 0 aliphatic carbocycles. The molecule has 0 saturated carbocycles. The number of para-hydroxylation sites is 1. The molecule has 3 heterocycles. The van der Waals surface area contributed by atoms with E-state index in [4.69, 9.17) is 0 Å². The van der Waals surface area contributed by atoms with Crippen LogP contribution in [0.5, 0.6) is 0 Å². The summed E-state index contributed by atoms with van der Waals surface area (Å²) in [6.45, 7) is 3.60. The van der Waals surface area contributed by atoms with E-state index >= 15 is 0 Å². The van der Waals surface area contributed by atoms with Gasteiger partial charge in [0.15, 0.2) is 5.69 Å². The summed E-state index contributed by atoms with van der Waals surface area (Å²) in [5.74, 6) is -0.0469. The van der Waals surface area contributed by atoms with Crippen LogP contribution < -0.4 is 15.5 Å². The molecule has 1 aromatic carbocycles. The number of aromatic amines is 1. The normalized spacial score (nSPS) is 18.2. The summed E-state index contributed by atoms with van der Waals surface area (Å²) in [5.41, 5.74) is 3.94. The highest BCUT2D eigenvalue weighted by Gasteiger charge is 2.25. The van der Waals surface area contributed by atoms with Crippen LogP contribution in [0.3, 0.4) is 0 Å². The summed E-state index contributed by atoms with van der Waals surface area (Å²) in [4.78, 5) is 14.9. The average molecular weight is 325 g/mol. The lowest BCUT2D eigenvalue weighted by atomic mass is 10.0. The molecule has 24 heavy (non-hydrogen) atoms. The largest absolute Gasteiger partial charge is 0.371 e. The molecule has 2 aromatic rings. The number of H-pyrrole nitrogens is 1. The Hall–Kier alpha value is -2.34. The Kier molecular flexibility index (Phi) is 4.21. The lowest BCUT2D eigenvalue weighted by Crippen LogP contribution is -2.45. The first-order valence-corrected chi connectivity index (χ1v) is 8.69. The van der Waals surface area contributed by atoms with Gasteiger partial charge in [-0.1, -0.05) is 18.2 Å². The van der Waals surface area contributed by atoms with Crippen molar-refractivity contribution < 1.29 is 4.79 Å². The maximum atomic E-state index is 12.6. The predicted molar refractivity (Wildman–Crippen MR) is 93.1 cm³/mol. The Morgan fingerprint density at radius 2 is 2.00 bits per heavy atom. The van der Waals surface area contributed by atoms with E-state index in [9.17, 15) is 4.79 Å². The van der Waals surface area contributed by atoms with Gasteiger partial charge in [-0.25, -0.2) is 0 Å². The quantitative estimate of drug-likeness (QED) is 0.799. The number of anilines is 1. The molecule has 126 valence electrons. The summed E-state index contributed by atoms with van der Waals surface area (Å²) in [7, 11) is 0. The topological polar surface area (TPSA) is 73.0 Å². The van der Waals surface area contributed by atoms with Crippen LogP contribution in [0.15, 0.2) is 30.3 Å². The van der Waals surface area contributed by atoms with Crippen LogP contribution in [0.1, 0.15) is 34.6 Å². The summed E-state index contributed by atoms with van der Waals surface area (Å²) in [6, 6.07) is 10.7. The van der Waals surface area contributed by atoms with E-state index < -0.39 is 0 Å². The van der Waals surface area contributed by atoms with Crippen molar-refractivity contribution in [3.63, 3.8) is 0 Å². The molecular formula is C18H23N5O.